The average molecular weight is 701 g/mol. The summed E-state index contributed by atoms with van der Waals surface area (Å²) in [6.07, 6.45) is 34.4. The van der Waals surface area contributed by atoms with Gasteiger partial charge >= 0.3 is 0 Å². The number of hydrogen-bond donors (Lipinski definition) is 4. The second-order valence-corrected chi connectivity index (χ2v) is 15.0. The Hall–Kier alpha value is -1.92. The highest BCUT2D eigenvalue weighted by atomic mass is 16.3. The Morgan fingerprint density at radius 3 is 1.00 bits per heavy atom. The summed E-state index contributed by atoms with van der Waals surface area (Å²) in [5.74, 6) is 0.229. The molecule has 4 N–H and O–H groups in total. The fraction of sp³-hybridized carbons (Fsp3) is 0.818. The molecule has 0 aliphatic rings. The zero-order valence-electron chi connectivity index (χ0n) is 32.8. The number of aliphatic hydroxyl groups is 2. The van der Waals surface area contributed by atoms with E-state index >= 15 is 0 Å². The van der Waals surface area contributed by atoms with Crippen LogP contribution >= 0.6 is 0 Å². The van der Waals surface area contributed by atoms with Gasteiger partial charge in [0.25, 0.3) is 0 Å². The third kappa shape index (κ3) is 28.7. The minimum absolute atomic E-state index is 0.0986. The molecule has 0 fully saturated rings. The first kappa shape index (κ1) is 46.1. The summed E-state index contributed by atoms with van der Waals surface area (Å²) in [6.45, 7) is 5.12. The molecule has 50 heavy (non-hydrogen) atoms. The minimum atomic E-state index is -0.0986. The topological polar surface area (TPSA) is 98.7 Å². The van der Waals surface area contributed by atoms with Crippen LogP contribution in [0.4, 0.5) is 0 Å². The van der Waals surface area contributed by atoms with Crippen molar-refractivity contribution in [3.63, 3.8) is 0 Å². The molecule has 0 aliphatic carbocycles. The molecule has 0 spiro atoms. The SMILES string of the molecule is CCC(O)CCCCCCCCCCCCCCC(=O)NCc1ccccc1CNC(=O)CCCCCCCCCCCCCCC(O)CC. The summed E-state index contributed by atoms with van der Waals surface area (Å²) in [5, 5.41) is 25.4. The number of rotatable bonds is 36. The summed E-state index contributed by atoms with van der Waals surface area (Å²) >= 11 is 0. The molecular weight excluding hydrogens is 620 g/mol. The molecule has 0 saturated carbocycles. The summed E-state index contributed by atoms with van der Waals surface area (Å²) in [5.41, 5.74) is 2.14. The number of unbranched alkanes of at least 4 members (excludes halogenated alkanes) is 22. The van der Waals surface area contributed by atoms with Gasteiger partial charge in [-0.15, -0.1) is 0 Å². The van der Waals surface area contributed by atoms with E-state index in [4.69, 9.17) is 0 Å². The van der Waals surface area contributed by atoms with Crippen LogP contribution in [0.15, 0.2) is 24.3 Å². The molecule has 0 aromatic heterocycles. The molecule has 6 heteroatoms. The lowest BCUT2D eigenvalue weighted by Crippen LogP contribution is -2.25. The lowest BCUT2D eigenvalue weighted by atomic mass is 10.0. The molecule has 1 aromatic rings. The largest absolute Gasteiger partial charge is 0.393 e. The highest BCUT2D eigenvalue weighted by molar-refractivity contribution is 5.76. The molecule has 0 bridgehead atoms. The zero-order valence-corrected chi connectivity index (χ0v) is 32.8. The van der Waals surface area contributed by atoms with Crippen LogP contribution in [0.1, 0.15) is 218 Å². The molecule has 0 aliphatic heterocycles. The summed E-state index contributed by atoms with van der Waals surface area (Å²) < 4.78 is 0. The monoisotopic (exact) mass is 701 g/mol. The van der Waals surface area contributed by atoms with Crippen LogP contribution < -0.4 is 10.6 Å². The molecule has 0 heterocycles. The molecule has 290 valence electrons. The number of benzene rings is 1. The molecule has 1 aromatic carbocycles. The average Bonchev–Trinajstić information content (AvgIpc) is 3.13. The van der Waals surface area contributed by atoms with Gasteiger partial charge in [0.2, 0.25) is 11.8 Å². The molecule has 2 amide bonds. The lowest BCUT2D eigenvalue weighted by molar-refractivity contribution is -0.122. The van der Waals surface area contributed by atoms with Crippen LogP contribution in [0.25, 0.3) is 0 Å². The Kier molecular flexibility index (Phi) is 31.5. The van der Waals surface area contributed by atoms with Crippen molar-refractivity contribution < 1.29 is 19.8 Å². The van der Waals surface area contributed by atoms with Gasteiger partial charge in [-0.3, -0.25) is 9.59 Å². The van der Waals surface area contributed by atoms with Gasteiger partial charge in [-0.2, -0.15) is 0 Å². The third-order valence-corrected chi connectivity index (χ3v) is 10.4. The van der Waals surface area contributed by atoms with E-state index in [9.17, 15) is 19.8 Å². The predicted molar refractivity (Wildman–Crippen MR) is 212 cm³/mol. The van der Waals surface area contributed by atoms with E-state index < -0.39 is 0 Å². The Balaban J connectivity index is 1.98. The zero-order chi connectivity index (χ0) is 36.3. The Morgan fingerprint density at radius 1 is 0.460 bits per heavy atom. The maximum atomic E-state index is 12.5. The number of carbonyl (C=O) groups excluding carboxylic acids is 2. The summed E-state index contributed by atoms with van der Waals surface area (Å²) in [6, 6.07) is 8.08. The smallest absolute Gasteiger partial charge is 0.220 e. The van der Waals surface area contributed by atoms with Crippen LogP contribution in [0.3, 0.4) is 0 Å². The summed E-state index contributed by atoms with van der Waals surface area (Å²) in [4.78, 5) is 24.9. The maximum absolute atomic E-state index is 12.5. The Labute approximate surface area is 308 Å². The lowest BCUT2D eigenvalue weighted by Gasteiger charge is -2.12. The molecule has 6 nitrogen and oxygen atoms in total. The van der Waals surface area contributed by atoms with E-state index in [-0.39, 0.29) is 24.0 Å². The van der Waals surface area contributed by atoms with Crippen molar-refractivity contribution in [3.05, 3.63) is 35.4 Å². The van der Waals surface area contributed by atoms with E-state index in [0.717, 1.165) is 75.3 Å². The molecule has 0 saturated heterocycles. The van der Waals surface area contributed by atoms with Crippen LogP contribution in [-0.2, 0) is 22.7 Å². The van der Waals surface area contributed by atoms with E-state index in [1.807, 2.05) is 38.1 Å². The number of carbonyl (C=O) groups is 2. The highest BCUT2D eigenvalue weighted by Crippen LogP contribution is 2.16. The number of hydrogen-bond acceptors (Lipinski definition) is 4. The van der Waals surface area contributed by atoms with Gasteiger partial charge in [-0.25, -0.2) is 0 Å². The number of nitrogens with one attached hydrogen (secondary N) is 2. The van der Waals surface area contributed by atoms with Gasteiger partial charge in [0.1, 0.15) is 0 Å². The van der Waals surface area contributed by atoms with Crippen LogP contribution in [0, 0.1) is 0 Å². The number of amides is 2. The minimum Gasteiger partial charge on any atom is -0.393 e. The molecular formula is C44H80N2O4. The first-order chi connectivity index (χ1) is 24.5. The highest BCUT2D eigenvalue weighted by Gasteiger charge is 2.08. The second-order valence-electron chi connectivity index (χ2n) is 15.0. The predicted octanol–water partition coefficient (Wildman–Crippen LogP) is 11.4. The van der Waals surface area contributed by atoms with E-state index in [0.29, 0.717) is 25.9 Å². The van der Waals surface area contributed by atoms with Crippen LogP contribution in [0.2, 0.25) is 0 Å². The molecule has 1 rings (SSSR count). The Morgan fingerprint density at radius 2 is 0.720 bits per heavy atom. The molecule has 2 unspecified atom stereocenters. The van der Waals surface area contributed by atoms with Crippen molar-refractivity contribution in [1.82, 2.24) is 10.6 Å². The van der Waals surface area contributed by atoms with E-state index in [1.165, 1.54) is 116 Å². The van der Waals surface area contributed by atoms with Crippen LogP contribution in [-0.4, -0.2) is 34.2 Å². The molecule has 0 radical (unpaired) electrons. The van der Waals surface area contributed by atoms with Crippen molar-refractivity contribution in [2.45, 2.75) is 232 Å². The fourth-order valence-corrected chi connectivity index (χ4v) is 6.74. The first-order valence-corrected chi connectivity index (χ1v) is 21.4. The quantitative estimate of drug-likeness (QED) is 0.0524. The van der Waals surface area contributed by atoms with Gasteiger partial charge in [0.05, 0.1) is 12.2 Å². The Bertz CT molecular complexity index is 850. The van der Waals surface area contributed by atoms with Crippen molar-refractivity contribution >= 4 is 11.8 Å². The van der Waals surface area contributed by atoms with E-state index in [2.05, 4.69) is 10.6 Å². The van der Waals surface area contributed by atoms with Crippen molar-refractivity contribution in [2.24, 2.45) is 0 Å². The number of aliphatic hydroxyl groups excluding tert-OH is 2. The second kappa shape index (κ2) is 34.2. The van der Waals surface area contributed by atoms with Crippen LogP contribution in [0.5, 0.6) is 0 Å². The van der Waals surface area contributed by atoms with Gasteiger partial charge < -0.3 is 20.8 Å². The van der Waals surface area contributed by atoms with Gasteiger partial charge in [0, 0.05) is 25.9 Å². The van der Waals surface area contributed by atoms with Gasteiger partial charge in [-0.05, 0) is 49.7 Å². The van der Waals surface area contributed by atoms with Crippen molar-refractivity contribution in [3.8, 4) is 0 Å². The van der Waals surface area contributed by atoms with Crippen molar-refractivity contribution in [1.29, 1.82) is 0 Å². The maximum Gasteiger partial charge on any atom is 0.220 e. The van der Waals surface area contributed by atoms with E-state index in [1.54, 1.807) is 0 Å². The first-order valence-electron chi connectivity index (χ1n) is 21.4. The van der Waals surface area contributed by atoms with Gasteiger partial charge in [0.15, 0.2) is 0 Å². The van der Waals surface area contributed by atoms with Gasteiger partial charge in [-0.1, -0.05) is 179 Å². The van der Waals surface area contributed by atoms with Crippen molar-refractivity contribution in [2.75, 3.05) is 0 Å². The normalized spacial score (nSPS) is 12.6. The fourth-order valence-electron chi connectivity index (χ4n) is 6.74. The standard InChI is InChI=1S/C44H80N2O4/c1-3-41(47)33-25-21-17-13-9-5-7-11-15-19-23-27-35-43(49)45-37-39-31-29-30-32-40(39)38-46-44(50)36-28-24-20-16-12-8-6-10-14-18-22-26-34-42(48)4-2/h29-32,41-42,47-48H,3-28,33-38H2,1-2H3,(H,45,49)(H,46,50). The molecule has 2 atom stereocenters. The third-order valence-electron chi connectivity index (χ3n) is 10.4. The summed E-state index contributed by atoms with van der Waals surface area (Å²) in [7, 11) is 0.